The molecule has 0 spiro atoms. The second kappa shape index (κ2) is 7.03. The van der Waals surface area contributed by atoms with Crippen molar-refractivity contribution in [2.24, 2.45) is 0 Å². The van der Waals surface area contributed by atoms with Crippen molar-refractivity contribution in [3.8, 4) is 5.75 Å². The van der Waals surface area contributed by atoms with Crippen LogP contribution in [0.15, 0.2) is 60.3 Å². The van der Waals surface area contributed by atoms with E-state index in [4.69, 9.17) is 0 Å². The van der Waals surface area contributed by atoms with Gasteiger partial charge in [-0.15, -0.1) is 0 Å². The Hall–Kier alpha value is -2.36. The monoisotopic (exact) mass is 386 g/mol. The maximum atomic E-state index is 12.7. The zero-order valence-corrected chi connectivity index (χ0v) is 15.1. The summed E-state index contributed by atoms with van der Waals surface area (Å²) in [5.41, 5.74) is 2.58. The summed E-state index contributed by atoms with van der Waals surface area (Å²) in [4.78, 5) is 16.3. The van der Waals surface area contributed by atoms with E-state index in [2.05, 4.69) is 27.7 Å². The van der Waals surface area contributed by atoms with Crippen molar-refractivity contribution in [3.05, 3.63) is 71.4 Å². The molecule has 3 rings (SSSR count). The second-order valence-electron chi connectivity index (χ2n) is 5.66. The summed E-state index contributed by atoms with van der Waals surface area (Å²) in [6.45, 7) is 0.618. The predicted octanol–water partition coefficient (Wildman–Crippen LogP) is 2.01. The summed E-state index contributed by atoms with van der Waals surface area (Å²) in [6.07, 6.45) is 2.59. The molecule has 2 aromatic carbocycles. The van der Waals surface area contributed by atoms with E-state index in [1.54, 1.807) is 29.2 Å². The Kier molecular flexibility index (Phi) is 4.84. The van der Waals surface area contributed by atoms with E-state index in [9.17, 15) is 9.90 Å². The van der Waals surface area contributed by atoms with E-state index < -0.39 is 0 Å². The Morgan fingerprint density at radius 2 is 1.88 bits per heavy atom. The number of benzene rings is 2. The molecule has 0 radical (unpaired) electrons. The molecule has 1 aliphatic rings. The van der Waals surface area contributed by atoms with Crippen LogP contribution in [-0.2, 0) is 11.2 Å². The fraction of sp³-hybridized carbons (Fsp3) is 0.158. The van der Waals surface area contributed by atoms with Crippen LogP contribution in [-0.4, -0.2) is 54.6 Å². The van der Waals surface area contributed by atoms with Crippen LogP contribution in [0.3, 0.4) is 0 Å². The van der Waals surface area contributed by atoms with Gasteiger partial charge in [0.25, 0.3) is 0 Å². The summed E-state index contributed by atoms with van der Waals surface area (Å²) in [5, 5.41) is 9.58. The van der Waals surface area contributed by atoms with Gasteiger partial charge in [0, 0.05) is 0 Å². The van der Waals surface area contributed by atoms with E-state index in [-0.39, 0.29) is 11.7 Å². The summed E-state index contributed by atoms with van der Waals surface area (Å²) < 4.78 is 0.794. The normalized spacial score (nSPS) is 16.3. The van der Waals surface area contributed by atoms with Gasteiger partial charge in [0.15, 0.2) is 0 Å². The molecule has 5 heteroatoms. The van der Waals surface area contributed by atoms with Crippen molar-refractivity contribution < 1.29 is 9.90 Å². The average Bonchev–Trinajstić information content (AvgIpc) is 2.78. The molecule has 0 atom stereocenters. The van der Waals surface area contributed by atoms with Crippen molar-refractivity contribution in [2.75, 3.05) is 13.6 Å². The van der Waals surface area contributed by atoms with Gasteiger partial charge in [0.05, 0.1) is 0 Å². The molecule has 0 saturated carbocycles. The van der Waals surface area contributed by atoms with E-state index in [1.807, 2.05) is 36.2 Å². The number of carbonyl (C=O) groups is 1. The van der Waals surface area contributed by atoms with Crippen LogP contribution in [0.5, 0.6) is 5.75 Å². The van der Waals surface area contributed by atoms with Crippen LogP contribution in [0.2, 0.25) is 0 Å². The third kappa shape index (κ3) is 3.42. The topological polar surface area (TPSA) is 43.8 Å². The zero-order chi connectivity index (χ0) is 17.1. The summed E-state index contributed by atoms with van der Waals surface area (Å²) in [6, 6.07) is 17.0. The molecule has 0 unspecified atom stereocenters. The van der Waals surface area contributed by atoms with Crippen molar-refractivity contribution in [2.45, 2.75) is 6.42 Å². The molecule has 1 saturated heterocycles. The van der Waals surface area contributed by atoms with Gasteiger partial charge in [-0.1, -0.05) is 0 Å². The maximum absolute atomic E-state index is 12.7. The molecule has 1 amide bonds. The Morgan fingerprint density at radius 3 is 2.58 bits per heavy atom. The number of hydrogen-bond acceptors (Lipinski definition) is 3. The molecule has 2 aromatic rings. The number of phenolic OH excluding ortho intramolecular Hbond substituents is 1. The first-order valence-corrected chi connectivity index (χ1v) is 8.56. The van der Waals surface area contributed by atoms with Gasteiger partial charge >= 0.3 is 149 Å². The molecular weight excluding hydrogens is 367 g/mol. The van der Waals surface area contributed by atoms with Gasteiger partial charge < -0.3 is 0 Å². The first-order valence-electron chi connectivity index (χ1n) is 7.70. The molecule has 0 aliphatic carbocycles. The number of likely N-dealkylation sites (N-methyl/N-ethyl adjacent to an activating group) is 1. The summed E-state index contributed by atoms with van der Waals surface area (Å²) in [5.74, 6) is 0.149. The molecule has 24 heavy (non-hydrogen) atoms. The molecule has 0 aromatic heterocycles. The van der Waals surface area contributed by atoms with Crippen molar-refractivity contribution >= 4 is 32.2 Å². The van der Waals surface area contributed by atoms with Gasteiger partial charge in [-0.3, -0.25) is 0 Å². The minimum atomic E-state index is -0.0366. The van der Waals surface area contributed by atoms with Crippen LogP contribution >= 0.6 is 0 Å². The van der Waals surface area contributed by atoms with E-state index >= 15 is 0 Å². The fourth-order valence-electron chi connectivity index (χ4n) is 2.67. The SMILES string of the molecule is CN1C(=[Se])N(CCc2ccccc2)C(=O)/C1=C\c1cccc(O)c1. The van der Waals surface area contributed by atoms with Gasteiger partial charge in [0.2, 0.25) is 0 Å². The van der Waals surface area contributed by atoms with E-state index in [0.717, 1.165) is 16.6 Å². The Bertz CT molecular complexity index is 802. The zero-order valence-electron chi connectivity index (χ0n) is 13.3. The van der Waals surface area contributed by atoms with Crippen LogP contribution in [0.25, 0.3) is 6.08 Å². The molecule has 1 heterocycles. The standard InChI is InChI=1S/C19H18N2O2Se/c1-20-17(13-15-8-5-9-16(22)12-15)18(23)21(19(20)24)11-10-14-6-3-2-4-7-14/h2-9,12-13,22H,10-11H2,1H3/b17-13+. The average molecular weight is 385 g/mol. The van der Waals surface area contributed by atoms with E-state index in [0.29, 0.717) is 12.2 Å². The number of nitrogens with zero attached hydrogens (tertiary/aromatic N) is 2. The third-order valence-electron chi connectivity index (χ3n) is 3.98. The molecule has 4 nitrogen and oxygen atoms in total. The molecule has 1 aliphatic heterocycles. The Balaban J connectivity index is 1.79. The molecule has 0 bridgehead atoms. The van der Waals surface area contributed by atoms with Crippen molar-refractivity contribution in [1.82, 2.24) is 9.80 Å². The van der Waals surface area contributed by atoms with Crippen LogP contribution in [0.4, 0.5) is 0 Å². The molecule has 1 N–H and O–H groups in total. The van der Waals surface area contributed by atoms with Gasteiger partial charge in [-0.25, -0.2) is 0 Å². The second-order valence-corrected chi connectivity index (χ2v) is 6.42. The van der Waals surface area contributed by atoms with Crippen LogP contribution in [0, 0.1) is 0 Å². The number of hydrogen-bond donors (Lipinski definition) is 1. The Labute approximate surface area is 149 Å². The number of carbonyl (C=O) groups excluding carboxylic acids is 1. The Morgan fingerprint density at radius 1 is 1.12 bits per heavy atom. The minimum absolute atomic E-state index is 0.0366. The van der Waals surface area contributed by atoms with Crippen LogP contribution < -0.4 is 0 Å². The predicted molar refractivity (Wildman–Crippen MR) is 96.5 cm³/mol. The molecule has 122 valence electrons. The summed E-state index contributed by atoms with van der Waals surface area (Å²) >= 11 is 2.99. The first kappa shape index (κ1) is 16.5. The van der Waals surface area contributed by atoms with Gasteiger partial charge in [-0.05, 0) is 0 Å². The molecule has 1 fully saturated rings. The molecular formula is C19H18N2O2Se. The fourth-order valence-corrected chi connectivity index (χ4v) is 3.24. The third-order valence-corrected chi connectivity index (χ3v) is 5.02. The van der Waals surface area contributed by atoms with Gasteiger partial charge in [-0.2, -0.15) is 0 Å². The van der Waals surface area contributed by atoms with Crippen molar-refractivity contribution in [3.63, 3.8) is 0 Å². The van der Waals surface area contributed by atoms with E-state index in [1.165, 1.54) is 5.56 Å². The van der Waals surface area contributed by atoms with Crippen LogP contribution in [0.1, 0.15) is 11.1 Å². The summed E-state index contributed by atoms with van der Waals surface area (Å²) in [7, 11) is 1.86. The number of phenols is 1. The van der Waals surface area contributed by atoms with Crippen molar-refractivity contribution in [1.29, 1.82) is 0 Å². The first-order chi connectivity index (χ1) is 11.6. The number of aromatic hydroxyl groups is 1. The number of amides is 1. The van der Waals surface area contributed by atoms with Gasteiger partial charge in [0.1, 0.15) is 0 Å². The number of rotatable bonds is 4. The quantitative estimate of drug-likeness (QED) is 0.647.